The molecule has 5 heteroatoms. The maximum Gasteiger partial charge on any atom is 0.231 e. The topological polar surface area (TPSA) is 74.2 Å². The Morgan fingerprint density at radius 2 is 2.35 bits per heavy atom. The minimum absolute atomic E-state index is 0.191. The van der Waals surface area contributed by atoms with Crippen molar-refractivity contribution in [3.8, 4) is 0 Å². The van der Waals surface area contributed by atoms with Crippen LogP contribution in [0, 0.1) is 0 Å². The second kappa shape index (κ2) is 4.38. The van der Waals surface area contributed by atoms with Gasteiger partial charge in [0, 0.05) is 6.54 Å². The van der Waals surface area contributed by atoms with Crippen molar-refractivity contribution in [1.82, 2.24) is 10.1 Å². The third kappa shape index (κ3) is 1.87. The molecule has 0 spiro atoms. The van der Waals surface area contributed by atoms with Crippen molar-refractivity contribution in [3.63, 3.8) is 0 Å². The van der Waals surface area contributed by atoms with E-state index >= 15 is 0 Å². The van der Waals surface area contributed by atoms with Crippen molar-refractivity contribution in [2.24, 2.45) is 5.73 Å². The summed E-state index contributed by atoms with van der Waals surface area (Å²) >= 11 is 0. The van der Waals surface area contributed by atoms with Gasteiger partial charge in [0.05, 0.1) is 24.0 Å². The summed E-state index contributed by atoms with van der Waals surface area (Å²) in [4.78, 5) is 4.52. The first-order valence-corrected chi connectivity index (χ1v) is 6.50. The number of rotatable bonds is 4. The van der Waals surface area contributed by atoms with Crippen LogP contribution in [0.1, 0.15) is 56.2 Å². The average molecular weight is 237 g/mol. The molecular weight excluding hydrogens is 218 g/mol. The van der Waals surface area contributed by atoms with E-state index in [2.05, 4.69) is 17.1 Å². The van der Waals surface area contributed by atoms with Gasteiger partial charge in [-0.3, -0.25) is 0 Å². The molecule has 2 fully saturated rings. The molecule has 4 unspecified atom stereocenters. The van der Waals surface area contributed by atoms with Gasteiger partial charge in [-0.05, 0) is 25.7 Å². The molecule has 94 valence electrons. The lowest BCUT2D eigenvalue weighted by Crippen LogP contribution is -2.16. The second-order valence-electron chi connectivity index (χ2n) is 5.05. The highest BCUT2D eigenvalue weighted by molar-refractivity contribution is 5.08. The summed E-state index contributed by atoms with van der Waals surface area (Å²) in [5.41, 5.74) is 5.69. The van der Waals surface area contributed by atoms with E-state index in [1.54, 1.807) is 0 Å². The van der Waals surface area contributed by atoms with Crippen LogP contribution in [-0.4, -0.2) is 28.9 Å². The summed E-state index contributed by atoms with van der Waals surface area (Å²) in [7, 11) is 0. The largest absolute Gasteiger partial charge is 0.374 e. The fourth-order valence-electron chi connectivity index (χ4n) is 2.92. The van der Waals surface area contributed by atoms with Crippen LogP contribution >= 0.6 is 0 Å². The third-order valence-electron chi connectivity index (χ3n) is 4.02. The van der Waals surface area contributed by atoms with Crippen LogP contribution in [0.3, 0.4) is 0 Å². The molecule has 0 amide bonds. The van der Waals surface area contributed by atoms with E-state index in [1.165, 1.54) is 6.42 Å². The van der Waals surface area contributed by atoms with E-state index in [0.717, 1.165) is 25.1 Å². The van der Waals surface area contributed by atoms with Gasteiger partial charge in [0.2, 0.25) is 5.89 Å². The molecule has 5 nitrogen and oxygen atoms in total. The standard InChI is InChI=1S/C12H19N3O2/c1-2-7(6-13)12-14-11(15-17-12)9-5-8-3-4-10(9)16-8/h7-10H,2-6,13H2,1H3. The van der Waals surface area contributed by atoms with Gasteiger partial charge in [0.25, 0.3) is 0 Å². The average Bonchev–Trinajstić information content (AvgIpc) is 3.06. The minimum atomic E-state index is 0.191. The molecule has 2 saturated heterocycles. The lowest BCUT2D eigenvalue weighted by atomic mass is 9.89. The molecule has 0 radical (unpaired) electrons. The van der Waals surface area contributed by atoms with Crippen LogP contribution in [-0.2, 0) is 4.74 Å². The number of hydrogen-bond acceptors (Lipinski definition) is 5. The van der Waals surface area contributed by atoms with E-state index in [9.17, 15) is 0 Å². The zero-order valence-corrected chi connectivity index (χ0v) is 10.1. The van der Waals surface area contributed by atoms with Gasteiger partial charge in [-0.1, -0.05) is 12.1 Å². The predicted molar refractivity (Wildman–Crippen MR) is 61.6 cm³/mol. The Bertz CT molecular complexity index is 389. The highest BCUT2D eigenvalue weighted by atomic mass is 16.5. The monoisotopic (exact) mass is 237 g/mol. The molecule has 2 aliphatic rings. The molecule has 1 aromatic heterocycles. The maximum absolute atomic E-state index is 5.82. The lowest BCUT2D eigenvalue weighted by molar-refractivity contribution is 0.0996. The number of hydrogen-bond donors (Lipinski definition) is 1. The summed E-state index contributed by atoms with van der Waals surface area (Å²) in [6, 6.07) is 0. The molecule has 0 aromatic carbocycles. The molecule has 1 aromatic rings. The summed E-state index contributed by atoms with van der Waals surface area (Å²) in [5.74, 6) is 2.03. The number of ether oxygens (including phenoxy) is 1. The van der Waals surface area contributed by atoms with Crippen molar-refractivity contribution >= 4 is 0 Å². The molecule has 2 N–H and O–H groups in total. The summed E-state index contributed by atoms with van der Waals surface area (Å²) in [5, 5.41) is 4.11. The van der Waals surface area contributed by atoms with Gasteiger partial charge in [0.1, 0.15) is 0 Å². The van der Waals surface area contributed by atoms with Crippen molar-refractivity contribution in [3.05, 3.63) is 11.7 Å². The zero-order chi connectivity index (χ0) is 11.8. The Labute approximate surface area is 101 Å². The van der Waals surface area contributed by atoms with Gasteiger partial charge in [0.15, 0.2) is 5.82 Å². The Morgan fingerprint density at radius 1 is 1.47 bits per heavy atom. The number of nitrogens with two attached hydrogens (primary N) is 1. The van der Waals surface area contributed by atoms with E-state index in [1.807, 2.05) is 0 Å². The fraction of sp³-hybridized carbons (Fsp3) is 0.833. The quantitative estimate of drug-likeness (QED) is 0.860. The summed E-state index contributed by atoms with van der Waals surface area (Å²) < 4.78 is 11.1. The first-order valence-electron chi connectivity index (χ1n) is 6.50. The Morgan fingerprint density at radius 3 is 2.94 bits per heavy atom. The maximum atomic E-state index is 5.82. The molecule has 3 heterocycles. The van der Waals surface area contributed by atoms with Crippen molar-refractivity contribution in [2.45, 2.75) is 56.7 Å². The molecule has 0 aliphatic carbocycles. The number of aromatic nitrogens is 2. The van der Waals surface area contributed by atoms with Gasteiger partial charge >= 0.3 is 0 Å². The highest BCUT2D eigenvalue weighted by Gasteiger charge is 2.43. The minimum Gasteiger partial charge on any atom is -0.374 e. The van der Waals surface area contributed by atoms with Crippen LogP contribution < -0.4 is 5.73 Å². The Hall–Kier alpha value is -0.940. The van der Waals surface area contributed by atoms with E-state index in [4.69, 9.17) is 15.0 Å². The number of nitrogens with zero attached hydrogens (tertiary/aromatic N) is 2. The van der Waals surface area contributed by atoms with Gasteiger partial charge in [-0.15, -0.1) is 0 Å². The smallest absolute Gasteiger partial charge is 0.231 e. The Balaban J connectivity index is 1.76. The third-order valence-corrected chi connectivity index (χ3v) is 4.02. The first-order chi connectivity index (χ1) is 8.31. The van der Waals surface area contributed by atoms with Crippen LogP contribution in [0.5, 0.6) is 0 Å². The van der Waals surface area contributed by atoms with Crippen molar-refractivity contribution in [2.75, 3.05) is 6.54 Å². The summed E-state index contributed by atoms with van der Waals surface area (Å²) in [6.07, 6.45) is 5.03. The predicted octanol–water partition coefficient (Wildman–Crippen LogP) is 1.56. The lowest BCUT2D eigenvalue weighted by Gasteiger charge is -2.13. The molecule has 4 atom stereocenters. The summed E-state index contributed by atoms with van der Waals surface area (Å²) in [6.45, 7) is 2.65. The van der Waals surface area contributed by atoms with Crippen molar-refractivity contribution < 1.29 is 9.26 Å². The van der Waals surface area contributed by atoms with Crippen molar-refractivity contribution in [1.29, 1.82) is 0 Å². The molecule has 3 rings (SSSR count). The van der Waals surface area contributed by atoms with Crippen LogP contribution in [0.2, 0.25) is 0 Å². The first kappa shape index (κ1) is 11.2. The molecule has 17 heavy (non-hydrogen) atoms. The van der Waals surface area contributed by atoms with Gasteiger partial charge in [-0.2, -0.15) is 4.98 Å². The molecule has 0 saturated carbocycles. The van der Waals surface area contributed by atoms with Crippen LogP contribution in [0.25, 0.3) is 0 Å². The van der Waals surface area contributed by atoms with E-state index in [0.29, 0.717) is 30.6 Å². The van der Waals surface area contributed by atoms with Gasteiger partial charge in [-0.25, -0.2) is 0 Å². The molecular formula is C12H19N3O2. The van der Waals surface area contributed by atoms with Gasteiger partial charge < -0.3 is 15.0 Å². The van der Waals surface area contributed by atoms with E-state index in [-0.39, 0.29) is 5.92 Å². The van der Waals surface area contributed by atoms with Crippen LogP contribution in [0.15, 0.2) is 4.52 Å². The Kier molecular flexibility index (Phi) is 2.88. The SMILES string of the molecule is CCC(CN)c1nc(C2CC3CCC2O3)no1. The zero-order valence-electron chi connectivity index (χ0n) is 10.1. The normalized spacial score (nSPS) is 33.2. The molecule has 2 bridgehead atoms. The van der Waals surface area contributed by atoms with Crippen LogP contribution in [0.4, 0.5) is 0 Å². The number of fused-ring (bicyclic) bond motifs is 2. The van der Waals surface area contributed by atoms with E-state index < -0.39 is 0 Å². The molecule has 2 aliphatic heterocycles. The fourth-order valence-corrected chi connectivity index (χ4v) is 2.92. The second-order valence-corrected chi connectivity index (χ2v) is 5.05. The highest BCUT2D eigenvalue weighted by Crippen LogP contribution is 2.43.